The molecular weight excluding hydrogens is 207 g/mol. The van der Waals surface area contributed by atoms with Crippen molar-refractivity contribution < 1.29 is 14.6 Å². The first kappa shape index (κ1) is 11.6. The summed E-state index contributed by atoms with van der Waals surface area (Å²) < 4.78 is 13.0. The van der Waals surface area contributed by atoms with E-state index in [0.29, 0.717) is 6.42 Å². The monoisotopic (exact) mass is 224 g/mol. The Morgan fingerprint density at radius 2 is 2.06 bits per heavy atom. The Hall–Kier alpha value is -0.930. The summed E-state index contributed by atoms with van der Waals surface area (Å²) in [5.74, 6) is -0.0578. The maximum Gasteiger partial charge on any atom is 0.123 e. The molecular formula is C13H17FO2. The number of halogens is 1. The van der Waals surface area contributed by atoms with Crippen LogP contribution in [0.25, 0.3) is 0 Å². The first-order valence-corrected chi connectivity index (χ1v) is 5.69. The predicted octanol–water partition coefficient (Wildman–Crippen LogP) is 1.81. The fourth-order valence-electron chi connectivity index (χ4n) is 1.96. The molecule has 1 aromatic rings. The van der Waals surface area contributed by atoms with Crippen LogP contribution in [0.15, 0.2) is 18.2 Å². The minimum atomic E-state index is -0.784. The quantitative estimate of drug-likeness (QED) is 0.818. The summed E-state index contributed by atoms with van der Waals surface area (Å²) in [6.45, 7) is 1.88. The maximum absolute atomic E-state index is 13.0. The molecule has 2 rings (SSSR count). The molecule has 0 saturated heterocycles. The van der Waals surface area contributed by atoms with Gasteiger partial charge >= 0.3 is 0 Å². The van der Waals surface area contributed by atoms with Crippen LogP contribution in [0, 0.1) is 18.7 Å². The molecule has 88 valence electrons. The zero-order valence-corrected chi connectivity index (χ0v) is 9.36. The van der Waals surface area contributed by atoms with Crippen LogP contribution in [0.3, 0.4) is 0 Å². The molecule has 0 bridgehead atoms. The molecule has 3 heteroatoms. The van der Waals surface area contributed by atoms with Gasteiger partial charge in [0, 0.05) is 6.42 Å². The molecule has 0 radical (unpaired) electrons. The third-order valence-electron chi connectivity index (χ3n) is 3.24. The van der Waals surface area contributed by atoms with E-state index >= 15 is 0 Å². The van der Waals surface area contributed by atoms with Gasteiger partial charge in [0.2, 0.25) is 0 Å². The van der Waals surface area contributed by atoms with E-state index in [2.05, 4.69) is 0 Å². The smallest absolute Gasteiger partial charge is 0.123 e. The van der Waals surface area contributed by atoms with E-state index in [-0.39, 0.29) is 11.7 Å². The minimum Gasteiger partial charge on any atom is -0.390 e. The van der Waals surface area contributed by atoms with Crippen molar-refractivity contribution in [3.8, 4) is 0 Å². The summed E-state index contributed by atoms with van der Waals surface area (Å²) >= 11 is 0. The van der Waals surface area contributed by atoms with Crippen molar-refractivity contribution >= 4 is 0 Å². The van der Waals surface area contributed by atoms with Crippen molar-refractivity contribution in [3.05, 3.63) is 35.1 Å². The van der Waals surface area contributed by atoms with Crippen molar-refractivity contribution in [3.63, 3.8) is 0 Å². The van der Waals surface area contributed by atoms with Crippen molar-refractivity contribution in [2.75, 3.05) is 0 Å². The summed E-state index contributed by atoms with van der Waals surface area (Å²) in [6, 6.07) is 4.53. The molecule has 0 aliphatic heterocycles. The number of hydrogen-bond acceptors (Lipinski definition) is 2. The van der Waals surface area contributed by atoms with Crippen LogP contribution in [0.1, 0.15) is 24.0 Å². The van der Waals surface area contributed by atoms with Crippen LogP contribution in [-0.2, 0) is 6.42 Å². The van der Waals surface area contributed by atoms with Crippen molar-refractivity contribution in [2.24, 2.45) is 5.92 Å². The molecule has 0 spiro atoms. The van der Waals surface area contributed by atoms with Crippen LogP contribution < -0.4 is 0 Å². The molecule has 1 aliphatic rings. The molecule has 1 saturated carbocycles. The first-order chi connectivity index (χ1) is 7.58. The molecule has 1 aromatic carbocycles. The van der Waals surface area contributed by atoms with Gasteiger partial charge in [-0.3, -0.25) is 0 Å². The summed E-state index contributed by atoms with van der Waals surface area (Å²) in [5, 5.41) is 19.6. The Labute approximate surface area is 94.7 Å². The molecule has 1 aliphatic carbocycles. The third-order valence-corrected chi connectivity index (χ3v) is 3.24. The van der Waals surface area contributed by atoms with E-state index < -0.39 is 12.2 Å². The highest BCUT2D eigenvalue weighted by molar-refractivity contribution is 5.27. The van der Waals surface area contributed by atoms with Gasteiger partial charge in [-0.2, -0.15) is 0 Å². The molecule has 0 aromatic heterocycles. The minimum absolute atomic E-state index is 0.240. The molecule has 0 heterocycles. The highest BCUT2D eigenvalue weighted by Gasteiger charge is 2.34. The highest BCUT2D eigenvalue weighted by Crippen LogP contribution is 2.34. The summed E-state index contributed by atoms with van der Waals surface area (Å²) in [6.07, 6.45) is 0.845. The molecule has 2 atom stereocenters. The summed E-state index contributed by atoms with van der Waals surface area (Å²) in [4.78, 5) is 0. The average molecular weight is 224 g/mol. The number of aryl methyl sites for hydroxylation is 1. The van der Waals surface area contributed by atoms with Gasteiger partial charge in [-0.1, -0.05) is 6.07 Å². The van der Waals surface area contributed by atoms with Crippen molar-refractivity contribution in [2.45, 2.75) is 38.4 Å². The summed E-state index contributed by atoms with van der Waals surface area (Å²) in [5.41, 5.74) is 1.72. The second-order valence-electron chi connectivity index (χ2n) is 4.67. The molecule has 2 nitrogen and oxygen atoms in total. The average Bonchev–Trinajstić information content (AvgIpc) is 3.06. The Morgan fingerprint density at radius 3 is 2.69 bits per heavy atom. The molecule has 0 amide bonds. The molecule has 16 heavy (non-hydrogen) atoms. The number of rotatable bonds is 4. The molecule has 2 unspecified atom stereocenters. The van der Waals surface area contributed by atoms with E-state index in [9.17, 15) is 14.6 Å². The maximum atomic E-state index is 13.0. The van der Waals surface area contributed by atoms with Crippen molar-refractivity contribution in [1.29, 1.82) is 0 Å². The summed E-state index contributed by atoms with van der Waals surface area (Å²) in [7, 11) is 0. The highest BCUT2D eigenvalue weighted by atomic mass is 19.1. The lowest BCUT2D eigenvalue weighted by Gasteiger charge is -2.18. The van der Waals surface area contributed by atoms with E-state index in [1.54, 1.807) is 6.07 Å². The Bertz CT molecular complexity index is 374. The normalized spacial score (nSPS) is 19.5. The largest absolute Gasteiger partial charge is 0.390 e. The fourth-order valence-corrected chi connectivity index (χ4v) is 1.96. The van der Waals surface area contributed by atoms with Crippen LogP contribution in [0.2, 0.25) is 0 Å². The van der Waals surface area contributed by atoms with Gasteiger partial charge in [0.05, 0.1) is 12.2 Å². The fraction of sp³-hybridized carbons (Fsp3) is 0.538. The topological polar surface area (TPSA) is 40.5 Å². The Kier molecular flexibility index (Phi) is 3.26. The number of hydrogen-bond donors (Lipinski definition) is 2. The predicted molar refractivity (Wildman–Crippen MR) is 59.6 cm³/mol. The zero-order chi connectivity index (χ0) is 11.7. The zero-order valence-electron chi connectivity index (χ0n) is 9.36. The second-order valence-corrected chi connectivity index (χ2v) is 4.67. The van der Waals surface area contributed by atoms with Gasteiger partial charge < -0.3 is 10.2 Å². The van der Waals surface area contributed by atoms with Gasteiger partial charge in [-0.05, 0) is 48.9 Å². The van der Waals surface area contributed by atoms with Crippen LogP contribution >= 0.6 is 0 Å². The van der Waals surface area contributed by atoms with Gasteiger partial charge in [0.15, 0.2) is 0 Å². The van der Waals surface area contributed by atoms with E-state index in [4.69, 9.17) is 0 Å². The van der Waals surface area contributed by atoms with Gasteiger partial charge in [-0.15, -0.1) is 0 Å². The number of aliphatic hydroxyl groups is 2. The van der Waals surface area contributed by atoms with Gasteiger partial charge in [-0.25, -0.2) is 4.39 Å². The lowest BCUT2D eigenvalue weighted by Crippen LogP contribution is -2.30. The van der Waals surface area contributed by atoms with E-state index in [1.807, 2.05) is 6.92 Å². The lowest BCUT2D eigenvalue weighted by molar-refractivity contribution is 0.00663. The SMILES string of the molecule is Cc1ccc(F)cc1CC(O)C(O)C1CC1. The number of aliphatic hydroxyl groups excluding tert-OH is 2. The van der Waals surface area contributed by atoms with E-state index in [0.717, 1.165) is 24.0 Å². The Balaban J connectivity index is 2.04. The van der Waals surface area contributed by atoms with Crippen molar-refractivity contribution in [1.82, 2.24) is 0 Å². The van der Waals surface area contributed by atoms with Crippen LogP contribution in [0.4, 0.5) is 4.39 Å². The standard InChI is InChI=1S/C13H17FO2/c1-8-2-5-11(14)6-10(8)7-12(15)13(16)9-3-4-9/h2,5-6,9,12-13,15-16H,3-4,7H2,1H3. The molecule has 2 N–H and O–H groups in total. The van der Waals surface area contributed by atoms with Crippen LogP contribution in [0.5, 0.6) is 0 Å². The second kappa shape index (κ2) is 4.52. The molecule has 1 fully saturated rings. The van der Waals surface area contributed by atoms with Crippen LogP contribution in [-0.4, -0.2) is 22.4 Å². The number of benzene rings is 1. The third kappa shape index (κ3) is 2.60. The Morgan fingerprint density at radius 1 is 1.38 bits per heavy atom. The van der Waals surface area contributed by atoms with Gasteiger partial charge in [0.25, 0.3) is 0 Å². The lowest BCUT2D eigenvalue weighted by atomic mass is 9.98. The van der Waals surface area contributed by atoms with E-state index in [1.165, 1.54) is 12.1 Å². The van der Waals surface area contributed by atoms with Gasteiger partial charge in [0.1, 0.15) is 5.82 Å². The first-order valence-electron chi connectivity index (χ1n) is 5.69.